The Morgan fingerprint density at radius 2 is 1.60 bits per heavy atom. The van der Waals surface area contributed by atoms with E-state index in [1.165, 1.54) is 6.07 Å². The van der Waals surface area contributed by atoms with E-state index in [1.54, 1.807) is 12.1 Å². The fraction of sp³-hybridized carbons (Fsp3) is 0.192. The van der Waals surface area contributed by atoms with Crippen molar-refractivity contribution >= 4 is 39.6 Å². The van der Waals surface area contributed by atoms with Gasteiger partial charge < -0.3 is 20.3 Å². The summed E-state index contributed by atoms with van der Waals surface area (Å²) in [5.74, 6) is -1.90. The molecule has 0 bridgehead atoms. The number of fused-ring (bicyclic) bond motifs is 3. The quantitative estimate of drug-likeness (QED) is 0.337. The van der Waals surface area contributed by atoms with Crippen molar-refractivity contribution in [2.24, 2.45) is 0 Å². The molecule has 8 nitrogen and oxygen atoms in total. The fourth-order valence-electron chi connectivity index (χ4n) is 4.07. The summed E-state index contributed by atoms with van der Waals surface area (Å²) in [5, 5.41) is 23.2. The van der Waals surface area contributed by atoms with E-state index < -0.39 is 24.1 Å². The summed E-state index contributed by atoms with van der Waals surface area (Å²) in [4.78, 5) is 35.7. The number of benzene rings is 3. The molecular weight excluding hydrogens is 516 g/mol. The molecule has 3 aromatic carbocycles. The van der Waals surface area contributed by atoms with Crippen LogP contribution in [0.15, 0.2) is 71.2 Å². The van der Waals surface area contributed by atoms with Crippen LogP contribution in [0.1, 0.15) is 33.8 Å². The number of rotatable bonds is 8. The van der Waals surface area contributed by atoms with E-state index >= 15 is 0 Å². The minimum absolute atomic E-state index is 0.0250. The van der Waals surface area contributed by atoms with Crippen LogP contribution in [0.4, 0.5) is 10.5 Å². The van der Waals surface area contributed by atoms with E-state index in [1.807, 2.05) is 36.4 Å². The van der Waals surface area contributed by atoms with Gasteiger partial charge in [0.15, 0.2) is 6.10 Å². The lowest BCUT2D eigenvalue weighted by Gasteiger charge is -2.15. The van der Waals surface area contributed by atoms with Gasteiger partial charge in [0.05, 0.1) is 5.56 Å². The van der Waals surface area contributed by atoms with Crippen molar-refractivity contribution in [2.45, 2.75) is 18.4 Å². The van der Waals surface area contributed by atoms with Gasteiger partial charge in [-0.3, -0.25) is 10.1 Å². The predicted molar refractivity (Wildman–Crippen MR) is 133 cm³/mol. The highest BCUT2D eigenvalue weighted by Crippen LogP contribution is 2.44. The molecule has 0 radical (unpaired) electrons. The maximum atomic E-state index is 12.5. The number of nitrogens with one attached hydrogen (secondary N) is 2. The second-order valence-corrected chi connectivity index (χ2v) is 8.90. The van der Waals surface area contributed by atoms with Crippen molar-refractivity contribution in [1.82, 2.24) is 5.32 Å². The van der Waals surface area contributed by atoms with E-state index in [9.17, 15) is 19.5 Å². The number of carboxylic acid groups (broad SMARTS) is 1. The van der Waals surface area contributed by atoms with Gasteiger partial charge in [-0.25, -0.2) is 9.59 Å². The molecule has 0 saturated heterocycles. The molecule has 0 aliphatic heterocycles. The first-order valence-corrected chi connectivity index (χ1v) is 11.7. The summed E-state index contributed by atoms with van der Waals surface area (Å²) in [6, 6.07) is 20.8. The van der Waals surface area contributed by atoms with Crippen LogP contribution in [0.25, 0.3) is 11.1 Å². The fourth-order valence-corrected chi connectivity index (χ4v) is 4.50. The lowest BCUT2D eigenvalue weighted by atomic mass is 9.98. The lowest BCUT2D eigenvalue weighted by molar-refractivity contribution is -0.146. The van der Waals surface area contributed by atoms with Crippen LogP contribution >= 0.6 is 15.9 Å². The highest BCUT2D eigenvalue weighted by molar-refractivity contribution is 9.10. The van der Waals surface area contributed by atoms with Gasteiger partial charge in [-0.1, -0.05) is 48.5 Å². The van der Waals surface area contributed by atoms with E-state index in [2.05, 4.69) is 38.7 Å². The summed E-state index contributed by atoms with van der Waals surface area (Å²) in [6.07, 6.45) is -2.33. The maximum absolute atomic E-state index is 12.5. The Kier molecular flexibility index (Phi) is 7.48. The van der Waals surface area contributed by atoms with Crippen molar-refractivity contribution in [1.29, 1.82) is 0 Å². The molecule has 0 fully saturated rings. The van der Waals surface area contributed by atoms with Crippen LogP contribution in [0, 0.1) is 0 Å². The second-order valence-electron chi connectivity index (χ2n) is 8.04. The van der Waals surface area contributed by atoms with Crippen molar-refractivity contribution in [2.75, 3.05) is 18.5 Å². The van der Waals surface area contributed by atoms with Gasteiger partial charge in [0.2, 0.25) is 0 Å². The zero-order chi connectivity index (χ0) is 24.9. The number of carbonyl (C=O) groups excluding carboxylic acids is 2. The Morgan fingerprint density at radius 3 is 2.23 bits per heavy atom. The number of aliphatic hydroxyl groups is 1. The molecule has 0 aromatic heterocycles. The summed E-state index contributed by atoms with van der Waals surface area (Å²) >= 11 is 3.30. The molecule has 0 heterocycles. The zero-order valence-corrected chi connectivity index (χ0v) is 20.1. The van der Waals surface area contributed by atoms with Gasteiger partial charge in [-0.2, -0.15) is 0 Å². The largest absolute Gasteiger partial charge is 0.479 e. The van der Waals surface area contributed by atoms with Crippen LogP contribution in [0.3, 0.4) is 0 Å². The van der Waals surface area contributed by atoms with Crippen LogP contribution in [0.2, 0.25) is 0 Å². The SMILES string of the molecule is O=C(Nc1ccc(Br)c(C(=O)NCC[C@H](O)C(=O)O)c1)OCC1c2ccccc2-c2ccccc21. The molecule has 1 aliphatic rings. The number of hydrogen-bond acceptors (Lipinski definition) is 5. The Balaban J connectivity index is 1.38. The molecule has 4 rings (SSSR count). The monoisotopic (exact) mass is 538 g/mol. The lowest BCUT2D eigenvalue weighted by Crippen LogP contribution is -2.30. The van der Waals surface area contributed by atoms with Gasteiger partial charge in [0.1, 0.15) is 6.61 Å². The number of anilines is 1. The summed E-state index contributed by atoms with van der Waals surface area (Å²) in [7, 11) is 0. The molecule has 0 spiro atoms. The minimum atomic E-state index is -1.56. The molecule has 1 atom stereocenters. The zero-order valence-electron chi connectivity index (χ0n) is 18.5. The van der Waals surface area contributed by atoms with Crippen molar-refractivity contribution < 1.29 is 29.3 Å². The Morgan fingerprint density at radius 1 is 0.971 bits per heavy atom. The van der Waals surface area contributed by atoms with E-state index in [4.69, 9.17) is 9.84 Å². The first kappa shape index (κ1) is 24.4. The molecule has 180 valence electrons. The van der Waals surface area contributed by atoms with Crippen LogP contribution in [-0.2, 0) is 9.53 Å². The third-order valence-electron chi connectivity index (χ3n) is 5.79. The van der Waals surface area contributed by atoms with Gasteiger partial charge in [0, 0.05) is 29.0 Å². The smallest absolute Gasteiger partial charge is 0.411 e. The highest BCUT2D eigenvalue weighted by atomic mass is 79.9. The second kappa shape index (κ2) is 10.7. The standard InChI is InChI=1S/C26H23BrN2O6/c27-22-10-9-15(13-20(22)24(31)28-12-11-23(30)25(32)33)29-26(34)35-14-21-18-7-3-1-5-16(18)17-6-2-4-8-19(17)21/h1-10,13,21,23,30H,11-12,14H2,(H,28,31)(H,29,34)(H,32,33)/t23-/m0/s1. The summed E-state index contributed by atoms with van der Waals surface area (Å²) in [5.41, 5.74) is 5.09. The van der Waals surface area contributed by atoms with Crippen LogP contribution in [0.5, 0.6) is 0 Å². The number of halogens is 1. The van der Waals surface area contributed by atoms with Gasteiger partial charge in [0.25, 0.3) is 5.91 Å². The number of carboxylic acids is 1. The van der Waals surface area contributed by atoms with E-state index in [0.29, 0.717) is 10.2 Å². The molecular formula is C26H23BrN2O6. The minimum Gasteiger partial charge on any atom is -0.479 e. The topological polar surface area (TPSA) is 125 Å². The molecule has 3 aromatic rings. The maximum Gasteiger partial charge on any atom is 0.411 e. The Hall–Kier alpha value is -3.69. The van der Waals surface area contributed by atoms with Crippen LogP contribution in [-0.4, -0.2) is 47.4 Å². The van der Waals surface area contributed by atoms with E-state index in [0.717, 1.165) is 22.3 Å². The van der Waals surface area contributed by atoms with Crippen molar-refractivity contribution in [3.63, 3.8) is 0 Å². The Labute approximate surface area is 210 Å². The molecule has 0 saturated carbocycles. The number of amides is 2. The number of ether oxygens (including phenoxy) is 1. The van der Waals surface area contributed by atoms with E-state index in [-0.39, 0.29) is 31.1 Å². The summed E-state index contributed by atoms with van der Waals surface area (Å²) in [6.45, 7) is 0.137. The first-order chi connectivity index (χ1) is 16.8. The third-order valence-corrected chi connectivity index (χ3v) is 6.48. The first-order valence-electron chi connectivity index (χ1n) is 11.0. The average molecular weight is 539 g/mol. The van der Waals surface area contributed by atoms with Gasteiger partial charge >= 0.3 is 12.1 Å². The average Bonchev–Trinajstić information content (AvgIpc) is 3.17. The molecule has 1 aliphatic carbocycles. The number of aliphatic carboxylic acids is 1. The molecule has 0 unspecified atom stereocenters. The van der Waals surface area contributed by atoms with Gasteiger partial charge in [-0.05, 0) is 56.4 Å². The third kappa shape index (κ3) is 5.52. The predicted octanol–water partition coefficient (Wildman–Crippen LogP) is 4.38. The van der Waals surface area contributed by atoms with Crippen LogP contribution < -0.4 is 10.6 Å². The van der Waals surface area contributed by atoms with Gasteiger partial charge in [-0.15, -0.1) is 0 Å². The molecule has 35 heavy (non-hydrogen) atoms. The normalized spacial score (nSPS) is 12.9. The molecule has 4 N–H and O–H groups in total. The Bertz CT molecular complexity index is 1230. The van der Waals surface area contributed by atoms with Crippen molar-refractivity contribution in [3.05, 3.63) is 87.9 Å². The summed E-state index contributed by atoms with van der Waals surface area (Å²) < 4.78 is 6.03. The number of aliphatic hydroxyl groups excluding tert-OH is 1. The molecule has 9 heteroatoms. The molecule has 2 amide bonds. The number of hydrogen-bond donors (Lipinski definition) is 4. The van der Waals surface area contributed by atoms with Crippen molar-refractivity contribution in [3.8, 4) is 11.1 Å². The highest BCUT2D eigenvalue weighted by Gasteiger charge is 2.29. The number of carbonyl (C=O) groups is 3.